The second-order valence-electron chi connectivity index (χ2n) is 5.64. The Morgan fingerprint density at radius 1 is 1.15 bits per heavy atom. The van der Waals surface area contributed by atoms with Crippen LogP contribution in [0.4, 0.5) is 10.2 Å². The number of halogens is 2. The highest BCUT2D eigenvalue weighted by Crippen LogP contribution is 2.43. The molecule has 0 aliphatic carbocycles. The number of benzene rings is 2. The van der Waals surface area contributed by atoms with Crippen LogP contribution in [-0.4, -0.2) is 12.1 Å². The van der Waals surface area contributed by atoms with E-state index in [0.717, 1.165) is 0 Å². The summed E-state index contributed by atoms with van der Waals surface area (Å²) in [5.41, 5.74) is 8.70. The molecule has 4 nitrogen and oxygen atoms in total. The summed E-state index contributed by atoms with van der Waals surface area (Å²) in [6, 6.07) is 14.0. The first kappa shape index (κ1) is 17.9. The molecule has 0 amide bonds. The number of nitrogens with zero attached hydrogens (tertiary/aromatic N) is 2. The zero-order valence-corrected chi connectivity index (χ0v) is 15.8. The van der Waals surface area contributed by atoms with Crippen LogP contribution in [0.15, 0.2) is 46.9 Å². The predicted octanol–water partition coefficient (Wildman–Crippen LogP) is 5.09. The molecule has 0 bridgehead atoms. The molecule has 0 aliphatic heterocycles. The van der Waals surface area contributed by atoms with Crippen LogP contribution in [-0.2, 0) is 0 Å². The minimum absolute atomic E-state index is 0.0676. The van der Waals surface area contributed by atoms with E-state index in [9.17, 15) is 9.65 Å². The molecule has 2 aromatic carbocycles. The van der Waals surface area contributed by atoms with E-state index in [1.54, 1.807) is 32.2 Å². The molecule has 0 saturated carbocycles. The maximum Gasteiger partial charge on any atom is 0.142 e. The normalized spacial score (nSPS) is 10.4. The molecule has 2 N–H and O–H groups in total. The Hall–Kier alpha value is -2.91. The van der Waals surface area contributed by atoms with E-state index < -0.39 is 5.82 Å². The molecule has 130 valence electrons. The fraction of sp³-hybridized carbons (Fsp3) is 0.100. The van der Waals surface area contributed by atoms with Gasteiger partial charge < -0.3 is 10.5 Å². The number of nitrogen functional groups attached to an aromatic ring is 1. The zero-order chi connectivity index (χ0) is 18.8. The number of aromatic nitrogens is 1. The van der Waals surface area contributed by atoms with Crippen molar-refractivity contribution in [3.05, 3.63) is 64.0 Å². The number of hydrogen-bond acceptors (Lipinski definition) is 4. The zero-order valence-electron chi connectivity index (χ0n) is 14.2. The van der Waals surface area contributed by atoms with Crippen molar-refractivity contribution in [2.75, 3.05) is 12.8 Å². The van der Waals surface area contributed by atoms with E-state index in [-0.39, 0.29) is 16.9 Å². The first-order valence-electron chi connectivity index (χ1n) is 7.77. The number of nitrogens with two attached hydrogens (primary N) is 1. The van der Waals surface area contributed by atoms with Crippen molar-refractivity contribution in [3.63, 3.8) is 0 Å². The van der Waals surface area contributed by atoms with Crippen molar-refractivity contribution >= 4 is 21.7 Å². The van der Waals surface area contributed by atoms with E-state index in [4.69, 9.17) is 10.5 Å². The van der Waals surface area contributed by atoms with Gasteiger partial charge in [-0.3, -0.25) is 0 Å². The third-order valence-corrected chi connectivity index (χ3v) is 4.59. The molecule has 0 aliphatic rings. The Balaban J connectivity index is 2.50. The van der Waals surface area contributed by atoms with Gasteiger partial charge in [-0.25, -0.2) is 9.37 Å². The molecule has 0 fully saturated rings. The molecule has 1 aromatic heterocycles. The molecule has 3 aromatic rings. The third kappa shape index (κ3) is 3.02. The largest absolute Gasteiger partial charge is 0.496 e. The van der Waals surface area contributed by atoms with Crippen LogP contribution >= 0.6 is 15.9 Å². The Morgan fingerprint density at radius 2 is 1.88 bits per heavy atom. The van der Waals surface area contributed by atoms with Gasteiger partial charge in [-0.1, -0.05) is 34.1 Å². The number of hydrogen-bond donors (Lipinski definition) is 1. The lowest BCUT2D eigenvalue weighted by molar-refractivity contribution is 0.416. The number of pyridine rings is 1. The maximum atomic E-state index is 14.7. The summed E-state index contributed by atoms with van der Waals surface area (Å²) in [6.07, 6.45) is 0. The molecule has 3 rings (SSSR count). The summed E-state index contributed by atoms with van der Waals surface area (Å²) in [5, 5.41) is 9.67. The van der Waals surface area contributed by atoms with Crippen molar-refractivity contribution < 1.29 is 9.13 Å². The Bertz CT molecular complexity index is 1040. The first-order chi connectivity index (χ1) is 12.5. The molecular weight excluding hydrogens is 397 g/mol. The third-order valence-electron chi connectivity index (χ3n) is 4.09. The standard InChI is InChI=1S/C20H15BrFN3O/c1-11-18(13-5-3-4-6-17(13)26-2)19(15(10-23)20(24)25-11)14-9-12(21)7-8-16(14)22/h3-9H,1-2H3,(H2,24,25). The summed E-state index contributed by atoms with van der Waals surface area (Å²) in [7, 11) is 1.56. The summed E-state index contributed by atoms with van der Waals surface area (Å²) in [6.45, 7) is 1.78. The number of aryl methyl sites for hydroxylation is 1. The number of para-hydroxylation sites is 1. The molecule has 0 saturated heterocycles. The minimum Gasteiger partial charge on any atom is -0.496 e. The highest BCUT2D eigenvalue weighted by Gasteiger charge is 2.23. The first-order valence-corrected chi connectivity index (χ1v) is 8.56. The van der Waals surface area contributed by atoms with Gasteiger partial charge in [-0.05, 0) is 31.2 Å². The number of rotatable bonds is 3. The monoisotopic (exact) mass is 411 g/mol. The van der Waals surface area contributed by atoms with E-state index in [0.29, 0.717) is 32.6 Å². The lowest BCUT2D eigenvalue weighted by Crippen LogP contribution is -2.04. The van der Waals surface area contributed by atoms with Crippen molar-refractivity contribution in [2.24, 2.45) is 0 Å². The van der Waals surface area contributed by atoms with Gasteiger partial charge in [-0.2, -0.15) is 5.26 Å². The quantitative estimate of drug-likeness (QED) is 0.651. The van der Waals surface area contributed by atoms with E-state index in [1.165, 1.54) is 6.07 Å². The Kier molecular flexibility index (Phi) is 4.92. The maximum absolute atomic E-state index is 14.7. The van der Waals surface area contributed by atoms with Crippen LogP contribution in [0.5, 0.6) is 5.75 Å². The van der Waals surface area contributed by atoms with Crippen LogP contribution in [0, 0.1) is 24.1 Å². The number of nitriles is 1. The second kappa shape index (κ2) is 7.14. The van der Waals surface area contributed by atoms with Gasteiger partial charge in [0.1, 0.15) is 29.0 Å². The smallest absolute Gasteiger partial charge is 0.142 e. The summed E-state index contributed by atoms with van der Waals surface area (Å²) < 4.78 is 20.8. The molecule has 26 heavy (non-hydrogen) atoms. The molecular formula is C20H15BrFN3O. The molecule has 0 spiro atoms. The van der Waals surface area contributed by atoms with Gasteiger partial charge in [0.25, 0.3) is 0 Å². The lowest BCUT2D eigenvalue weighted by Gasteiger charge is -2.18. The molecule has 0 unspecified atom stereocenters. The van der Waals surface area contributed by atoms with Crippen LogP contribution in [0.2, 0.25) is 0 Å². The van der Waals surface area contributed by atoms with Crippen molar-refractivity contribution in [3.8, 4) is 34.1 Å². The molecule has 0 atom stereocenters. The Labute approximate surface area is 159 Å². The van der Waals surface area contributed by atoms with Crippen molar-refractivity contribution in [1.29, 1.82) is 5.26 Å². The average Bonchev–Trinajstić information content (AvgIpc) is 2.63. The van der Waals surface area contributed by atoms with Gasteiger partial charge in [0.15, 0.2) is 0 Å². The molecule has 0 radical (unpaired) electrons. The van der Waals surface area contributed by atoms with E-state index in [1.807, 2.05) is 18.2 Å². The van der Waals surface area contributed by atoms with E-state index in [2.05, 4.69) is 27.0 Å². The highest BCUT2D eigenvalue weighted by molar-refractivity contribution is 9.10. The van der Waals surface area contributed by atoms with Crippen LogP contribution < -0.4 is 10.5 Å². The van der Waals surface area contributed by atoms with Crippen LogP contribution in [0.25, 0.3) is 22.3 Å². The van der Waals surface area contributed by atoms with Gasteiger partial charge >= 0.3 is 0 Å². The summed E-state index contributed by atoms with van der Waals surface area (Å²) >= 11 is 3.36. The fourth-order valence-electron chi connectivity index (χ4n) is 2.98. The predicted molar refractivity (Wildman–Crippen MR) is 103 cm³/mol. The lowest BCUT2D eigenvalue weighted by atomic mass is 9.89. The summed E-state index contributed by atoms with van der Waals surface area (Å²) in [4.78, 5) is 4.30. The topological polar surface area (TPSA) is 71.9 Å². The van der Waals surface area contributed by atoms with Gasteiger partial charge in [0, 0.05) is 32.4 Å². The molecule has 6 heteroatoms. The van der Waals surface area contributed by atoms with Crippen molar-refractivity contribution in [1.82, 2.24) is 4.98 Å². The SMILES string of the molecule is COc1ccccc1-c1c(C)nc(N)c(C#N)c1-c1cc(Br)ccc1F. The number of methoxy groups -OCH3 is 1. The van der Waals surface area contributed by atoms with Crippen LogP contribution in [0.3, 0.4) is 0 Å². The summed E-state index contributed by atoms with van der Waals surface area (Å²) in [5.74, 6) is 0.214. The van der Waals surface area contributed by atoms with E-state index >= 15 is 0 Å². The van der Waals surface area contributed by atoms with Gasteiger partial charge in [0.2, 0.25) is 0 Å². The van der Waals surface area contributed by atoms with Gasteiger partial charge in [-0.15, -0.1) is 0 Å². The van der Waals surface area contributed by atoms with Crippen molar-refractivity contribution in [2.45, 2.75) is 6.92 Å². The van der Waals surface area contributed by atoms with Gasteiger partial charge in [0.05, 0.1) is 7.11 Å². The Morgan fingerprint density at radius 3 is 2.58 bits per heavy atom. The number of anilines is 1. The minimum atomic E-state index is -0.453. The highest BCUT2D eigenvalue weighted by atomic mass is 79.9. The molecule has 1 heterocycles. The fourth-order valence-corrected chi connectivity index (χ4v) is 3.34. The average molecular weight is 412 g/mol. The van der Waals surface area contributed by atoms with Crippen LogP contribution in [0.1, 0.15) is 11.3 Å². The number of ether oxygens (including phenoxy) is 1. The second-order valence-corrected chi connectivity index (χ2v) is 6.56.